The molecule has 1 aliphatic rings. The van der Waals surface area contributed by atoms with Gasteiger partial charge in [-0.1, -0.05) is 29.8 Å². The largest absolute Gasteiger partial charge is 0.497 e. The van der Waals surface area contributed by atoms with Crippen LogP contribution < -0.4 is 20.3 Å². The fourth-order valence-electron chi connectivity index (χ4n) is 4.21. The third kappa shape index (κ3) is 6.42. The number of nitrogens with one attached hydrogen (secondary N) is 2. The highest BCUT2D eigenvalue weighted by Crippen LogP contribution is 2.25. The van der Waals surface area contributed by atoms with Crippen LogP contribution in [0.25, 0.3) is 0 Å². The van der Waals surface area contributed by atoms with E-state index in [1.165, 1.54) is 0 Å². The zero-order valence-corrected chi connectivity index (χ0v) is 20.2. The molecule has 184 valence electrons. The van der Waals surface area contributed by atoms with Crippen molar-refractivity contribution in [2.45, 2.75) is 19.5 Å². The van der Waals surface area contributed by atoms with E-state index in [0.717, 1.165) is 54.5 Å². The van der Waals surface area contributed by atoms with Gasteiger partial charge in [-0.2, -0.15) is 0 Å². The Morgan fingerprint density at radius 2 is 1.63 bits per heavy atom. The summed E-state index contributed by atoms with van der Waals surface area (Å²) in [5, 5.41) is 5.47. The van der Waals surface area contributed by atoms with Crippen molar-refractivity contribution in [3.05, 3.63) is 83.8 Å². The van der Waals surface area contributed by atoms with E-state index in [2.05, 4.69) is 32.6 Å². The summed E-state index contributed by atoms with van der Waals surface area (Å²) in [5.41, 5.74) is 3.24. The first-order chi connectivity index (χ1) is 17.0. The molecule has 3 aromatic rings. The Kier molecular flexibility index (Phi) is 8.05. The molecular formula is C27H32N4O4. The summed E-state index contributed by atoms with van der Waals surface area (Å²) in [5.74, 6) is 0.311. The molecule has 2 aromatic carbocycles. The zero-order chi connectivity index (χ0) is 24.6. The molecule has 4 rings (SSSR count). The summed E-state index contributed by atoms with van der Waals surface area (Å²) in [6.45, 7) is 5.88. The minimum Gasteiger partial charge on any atom is -0.497 e. The van der Waals surface area contributed by atoms with Crippen LogP contribution in [0.15, 0.2) is 71.3 Å². The summed E-state index contributed by atoms with van der Waals surface area (Å²) in [7, 11) is 1.66. The van der Waals surface area contributed by atoms with E-state index in [4.69, 9.17) is 9.15 Å². The molecule has 1 unspecified atom stereocenters. The fraction of sp³-hybridized carbons (Fsp3) is 0.333. The van der Waals surface area contributed by atoms with E-state index < -0.39 is 11.8 Å². The second kappa shape index (κ2) is 11.6. The standard InChI is InChI=1S/C27H32N4O4/c1-20-5-7-21(8-6-20)18-28-26(32)27(33)29-19-24(25-4-3-17-35-25)31-15-13-30(14-16-31)22-9-11-23(34-2)12-10-22/h3-12,17,24H,13-16,18-19H2,1-2H3,(H,28,32)(H,29,33). The summed E-state index contributed by atoms with van der Waals surface area (Å²) in [6.07, 6.45) is 1.63. The molecule has 8 heteroatoms. The lowest BCUT2D eigenvalue weighted by Gasteiger charge is -2.39. The molecule has 1 atom stereocenters. The fourth-order valence-corrected chi connectivity index (χ4v) is 4.21. The second-order valence-electron chi connectivity index (χ2n) is 8.63. The Balaban J connectivity index is 1.31. The minimum atomic E-state index is -0.648. The molecule has 0 spiro atoms. The van der Waals surface area contributed by atoms with Crippen LogP contribution in [-0.4, -0.2) is 56.5 Å². The van der Waals surface area contributed by atoms with Gasteiger partial charge in [0.05, 0.1) is 19.4 Å². The highest BCUT2D eigenvalue weighted by molar-refractivity contribution is 6.35. The van der Waals surface area contributed by atoms with Gasteiger partial charge in [-0.25, -0.2) is 0 Å². The van der Waals surface area contributed by atoms with Gasteiger partial charge in [0.25, 0.3) is 0 Å². The third-order valence-corrected chi connectivity index (χ3v) is 6.30. The molecule has 0 radical (unpaired) electrons. The van der Waals surface area contributed by atoms with Gasteiger partial charge in [-0.3, -0.25) is 14.5 Å². The minimum absolute atomic E-state index is 0.156. The Morgan fingerprint density at radius 1 is 0.943 bits per heavy atom. The van der Waals surface area contributed by atoms with Crippen LogP contribution in [0.3, 0.4) is 0 Å². The van der Waals surface area contributed by atoms with Crippen molar-refractivity contribution < 1.29 is 18.7 Å². The number of furan rings is 1. The number of rotatable bonds is 8. The molecule has 2 heterocycles. The van der Waals surface area contributed by atoms with Crippen molar-refractivity contribution in [2.24, 2.45) is 0 Å². The number of hydrogen-bond donors (Lipinski definition) is 2. The first-order valence-electron chi connectivity index (χ1n) is 11.8. The SMILES string of the molecule is COc1ccc(N2CCN(C(CNC(=O)C(=O)NCc3ccc(C)cc3)c3ccco3)CC2)cc1. The smallest absolute Gasteiger partial charge is 0.309 e. The maximum atomic E-state index is 12.5. The van der Waals surface area contributed by atoms with Gasteiger partial charge in [0.1, 0.15) is 11.5 Å². The molecule has 1 saturated heterocycles. The second-order valence-corrected chi connectivity index (χ2v) is 8.63. The number of piperazine rings is 1. The molecule has 0 bridgehead atoms. The van der Waals surface area contributed by atoms with Crippen LogP contribution in [0.2, 0.25) is 0 Å². The first-order valence-corrected chi connectivity index (χ1v) is 11.8. The number of carbonyl (C=O) groups is 2. The highest BCUT2D eigenvalue weighted by Gasteiger charge is 2.28. The predicted octanol–water partition coefficient (Wildman–Crippen LogP) is 2.89. The lowest BCUT2D eigenvalue weighted by atomic mass is 10.1. The topological polar surface area (TPSA) is 87.0 Å². The summed E-state index contributed by atoms with van der Waals surface area (Å²) in [6, 6.07) is 19.5. The quantitative estimate of drug-likeness (QED) is 0.486. The van der Waals surface area contributed by atoms with Gasteiger partial charge in [0.15, 0.2) is 0 Å². The number of ether oxygens (including phenoxy) is 1. The van der Waals surface area contributed by atoms with Crippen molar-refractivity contribution >= 4 is 17.5 Å². The Hall–Kier alpha value is -3.78. The number of aryl methyl sites for hydroxylation is 1. The van der Waals surface area contributed by atoms with E-state index in [9.17, 15) is 9.59 Å². The van der Waals surface area contributed by atoms with Crippen LogP contribution in [0.1, 0.15) is 22.9 Å². The number of hydrogen-bond acceptors (Lipinski definition) is 6. The molecule has 0 saturated carbocycles. The molecule has 8 nitrogen and oxygen atoms in total. The molecule has 1 aliphatic heterocycles. The zero-order valence-electron chi connectivity index (χ0n) is 20.2. The van der Waals surface area contributed by atoms with E-state index in [1.54, 1.807) is 13.4 Å². The van der Waals surface area contributed by atoms with Crippen molar-refractivity contribution in [3.8, 4) is 5.75 Å². The molecule has 0 aliphatic carbocycles. The number of anilines is 1. The van der Waals surface area contributed by atoms with Gasteiger partial charge in [-0.05, 0) is 48.9 Å². The van der Waals surface area contributed by atoms with E-state index >= 15 is 0 Å². The van der Waals surface area contributed by atoms with Crippen LogP contribution in [0.5, 0.6) is 5.75 Å². The molecule has 2 N–H and O–H groups in total. The predicted molar refractivity (Wildman–Crippen MR) is 134 cm³/mol. The lowest BCUT2D eigenvalue weighted by molar-refractivity contribution is -0.139. The average molecular weight is 477 g/mol. The Morgan fingerprint density at radius 3 is 2.26 bits per heavy atom. The summed E-state index contributed by atoms with van der Waals surface area (Å²) in [4.78, 5) is 29.4. The maximum absolute atomic E-state index is 12.5. The number of methoxy groups -OCH3 is 1. The van der Waals surface area contributed by atoms with E-state index in [0.29, 0.717) is 6.54 Å². The van der Waals surface area contributed by atoms with Crippen LogP contribution >= 0.6 is 0 Å². The molecular weight excluding hydrogens is 444 g/mol. The van der Waals surface area contributed by atoms with Crippen molar-refractivity contribution in [1.29, 1.82) is 0 Å². The van der Waals surface area contributed by atoms with E-state index in [1.807, 2.05) is 55.5 Å². The monoisotopic (exact) mass is 476 g/mol. The van der Waals surface area contributed by atoms with Gasteiger partial charge in [0.2, 0.25) is 0 Å². The van der Waals surface area contributed by atoms with Crippen LogP contribution in [0, 0.1) is 6.92 Å². The molecule has 1 fully saturated rings. The number of benzene rings is 2. The summed E-state index contributed by atoms with van der Waals surface area (Å²) >= 11 is 0. The van der Waals surface area contributed by atoms with Crippen LogP contribution in [0.4, 0.5) is 5.69 Å². The first kappa shape index (κ1) is 24.3. The number of amides is 2. The maximum Gasteiger partial charge on any atom is 0.309 e. The lowest BCUT2D eigenvalue weighted by Crippen LogP contribution is -2.50. The normalized spacial score (nSPS) is 14.9. The highest BCUT2D eigenvalue weighted by atomic mass is 16.5. The number of carbonyl (C=O) groups excluding carboxylic acids is 2. The van der Waals surface area contributed by atoms with Crippen molar-refractivity contribution in [1.82, 2.24) is 15.5 Å². The third-order valence-electron chi connectivity index (χ3n) is 6.30. The van der Waals surface area contributed by atoms with Gasteiger partial charge >= 0.3 is 11.8 Å². The molecule has 1 aromatic heterocycles. The number of nitrogens with zero attached hydrogens (tertiary/aromatic N) is 2. The van der Waals surface area contributed by atoms with Gasteiger partial charge in [-0.15, -0.1) is 0 Å². The Bertz CT molecular complexity index is 1090. The molecule has 2 amide bonds. The van der Waals surface area contributed by atoms with Crippen molar-refractivity contribution in [3.63, 3.8) is 0 Å². The summed E-state index contributed by atoms with van der Waals surface area (Å²) < 4.78 is 10.9. The van der Waals surface area contributed by atoms with Gasteiger partial charge < -0.3 is 24.7 Å². The van der Waals surface area contributed by atoms with Crippen molar-refractivity contribution in [2.75, 3.05) is 44.7 Å². The van der Waals surface area contributed by atoms with Gasteiger partial charge in [0, 0.05) is 45.0 Å². The Labute approximate surface area is 205 Å². The van der Waals surface area contributed by atoms with E-state index in [-0.39, 0.29) is 12.6 Å². The van der Waals surface area contributed by atoms with Crippen LogP contribution in [-0.2, 0) is 16.1 Å². The average Bonchev–Trinajstić information content (AvgIpc) is 3.43. The molecule has 35 heavy (non-hydrogen) atoms.